The molecule has 0 N–H and O–H groups in total. The second-order valence-electron chi connectivity index (χ2n) is 7.76. The molecule has 0 aliphatic heterocycles. The maximum Gasteiger partial charge on any atom is 0.185 e. The summed E-state index contributed by atoms with van der Waals surface area (Å²) in [5.41, 5.74) is 5.18. The number of carbonyl (C=O) groups is 1. The van der Waals surface area contributed by atoms with Crippen molar-refractivity contribution < 1.29 is 14.3 Å². The van der Waals surface area contributed by atoms with Gasteiger partial charge in [0.25, 0.3) is 0 Å². The summed E-state index contributed by atoms with van der Waals surface area (Å²) in [4.78, 5) is 13.0. The van der Waals surface area contributed by atoms with Gasteiger partial charge < -0.3 is 9.47 Å². The van der Waals surface area contributed by atoms with Crippen LogP contribution in [0.25, 0.3) is 16.8 Å². The number of hydrogen-bond donors (Lipinski definition) is 0. The number of aromatic nitrogens is 4. The molecule has 7 nitrogen and oxygen atoms in total. The van der Waals surface area contributed by atoms with E-state index < -0.39 is 0 Å². The summed E-state index contributed by atoms with van der Waals surface area (Å²) in [6.07, 6.45) is 0.950. The molecule has 2 aromatic carbocycles. The van der Waals surface area contributed by atoms with Crippen molar-refractivity contribution in [2.45, 2.75) is 25.4 Å². The van der Waals surface area contributed by atoms with Gasteiger partial charge in [-0.2, -0.15) is 5.10 Å². The Bertz CT molecular complexity index is 1320. The molecule has 2 aromatic heterocycles. The maximum atomic E-state index is 13.0. The third-order valence-corrected chi connectivity index (χ3v) is 6.09. The van der Waals surface area contributed by atoms with Crippen molar-refractivity contribution in [2.24, 2.45) is 0 Å². The molecule has 5 rings (SSSR count). The van der Waals surface area contributed by atoms with Crippen molar-refractivity contribution in [1.29, 1.82) is 0 Å². The van der Waals surface area contributed by atoms with Crippen LogP contribution in [0.3, 0.4) is 0 Å². The third kappa shape index (κ3) is 3.43. The molecule has 0 unspecified atom stereocenters. The normalized spacial score (nSPS) is 15.7. The van der Waals surface area contributed by atoms with E-state index in [1.807, 2.05) is 48.5 Å². The summed E-state index contributed by atoms with van der Waals surface area (Å²) in [5.74, 6) is 0.690. The first kappa shape index (κ1) is 20.6. The maximum absolute atomic E-state index is 13.0. The summed E-state index contributed by atoms with van der Waals surface area (Å²) in [7, 11) is 3.27. The molecule has 8 heteroatoms. The van der Waals surface area contributed by atoms with E-state index in [-0.39, 0.29) is 11.7 Å². The predicted octanol–water partition coefficient (Wildman–Crippen LogP) is 4.51. The van der Waals surface area contributed by atoms with Gasteiger partial charge in [-0.05, 0) is 35.7 Å². The van der Waals surface area contributed by atoms with E-state index in [1.54, 1.807) is 18.7 Å². The van der Waals surface area contributed by atoms with Gasteiger partial charge >= 0.3 is 0 Å². The SMILES string of the molecule is COCc1nn2c3c(nnc2c1-c1ccc(Cl)cc1)C(=O)C[C@@H](c1ccccc1OC)C3. The average Bonchev–Trinajstić information content (AvgIpc) is 3.18. The van der Waals surface area contributed by atoms with Crippen molar-refractivity contribution in [3.63, 3.8) is 0 Å². The number of ketones is 1. The largest absolute Gasteiger partial charge is 0.496 e. The number of methoxy groups -OCH3 is 2. The van der Waals surface area contributed by atoms with Gasteiger partial charge in [0, 0.05) is 24.5 Å². The molecule has 0 spiro atoms. The van der Waals surface area contributed by atoms with Gasteiger partial charge in [-0.3, -0.25) is 4.79 Å². The topological polar surface area (TPSA) is 78.6 Å². The number of halogens is 1. The number of nitrogens with zero attached hydrogens (tertiary/aromatic N) is 4. The van der Waals surface area contributed by atoms with E-state index in [0.29, 0.717) is 35.8 Å². The van der Waals surface area contributed by atoms with Gasteiger partial charge in [0.15, 0.2) is 17.1 Å². The first-order valence-corrected chi connectivity index (χ1v) is 10.7. The Morgan fingerprint density at radius 2 is 1.84 bits per heavy atom. The highest BCUT2D eigenvalue weighted by Crippen LogP contribution is 2.37. The molecule has 0 saturated carbocycles. The third-order valence-electron chi connectivity index (χ3n) is 5.84. The summed E-state index contributed by atoms with van der Waals surface area (Å²) in [5, 5.41) is 14.2. The Balaban J connectivity index is 1.68. The predicted molar refractivity (Wildman–Crippen MR) is 120 cm³/mol. The summed E-state index contributed by atoms with van der Waals surface area (Å²) >= 11 is 6.08. The van der Waals surface area contributed by atoms with Gasteiger partial charge in [0.2, 0.25) is 0 Å². The minimum Gasteiger partial charge on any atom is -0.496 e. The molecule has 0 bridgehead atoms. The highest BCUT2D eigenvalue weighted by Gasteiger charge is 2.33. The van der Waals surface area contributed by atoms with Crippen LogP contribution in [-0.2, 0) is 17.8 Å². The Morgan fingerprint density at radius 1 is 1.06 bits per heavy atom. The smallest absolute Gasteiger partial charge is 0.185 e. The van der Waals surface area contributed by atoms with Crippen LogP contribution in [0.1, 0.15) is 39.8 Å². The molecule has 0 amide bonds. The van der Waals surface area contributed by atoms with Crippen LogP contribution < -0.4 is 4.74 Å². The quantitative estimate of drug-likeness (QED) is 0.447. The van der Waals surface area contributed by atoms with Gasteiger partial charge in [0.1, 0.15) is 5.75 Å². The van der Waals surface area contributed by atoms with Crippen LogP contribution in [0, 0.1) is 0 Å². The fourth-order valence-electron chi connectivity index (χ4n) is 4.39. The monoisotopic (exact) mass is 448 g/mol. The fourth-order valence-corrected chi connectivity index (χ4v) is 4.51. The number of para-hydroxylation sites is 1. The van der Waals surface area contributed by atoms with Crippen LogP contribution in [0.5, 0.6) is 5.75 Å². The van der Waals surface area contributed by atoms with E-state index >= 15 is 0 Å². The lowest BCUT2D eigenvalue weighted by Crippen LogP contribution is -2.24. The van der Waals surface area contributed by atoms with Crippen LogP contribution in [-0.4, -0.2) is 39.8 Å². The van der Waals surface area contributed by atoms with Crippen molar-refractivity contribution in [3.05, 3.63) is 76.2 Å². The molecule has 1 aliphatic rings. The van der Waals surface area contributed by atoms with Crippen LogP contribution in [0.15, 0.2) is 48.5 Å². The standard InChI is InChI=1S/C24H21ClN4O3/c1-31-13-18-22(14-7-9-16(25)10-8-14)24-27-26-23-19(29(24)28-18)11-15(12-20(23)30)17-5-3-4-6-21(17)32-2/h3-10,15H,11-13H2,1-2H3/t15-/m0/s1. The molecule has 0 fully saturated rings. The molecule has 0 saturated heterocycles. The molecule has 1 aliphatic carbocycles. The highest BCUT2D eigenvalue weighted by molar-refractivity contribution is 6.30. The Morgan fingerprint density at radius 3 is 2.59 bits per heavy atom. The number of ether oxygens (including phenoxy) is 2. The summed E-state index contributed by atoms with van der Waals surface area (Å²) in [6, 6.07) is 15.3. The van der Waals surface area contributed by atoms with E-state index in [1.165, 1.54) is 0 Å². The molecular formula is C24H21ClN4O3. The van der Waals surface area contributed by atoms with Gasteiger partial charge in [-0.25, -0.2) is 4.52 Å². The van der Waals surface area contributed by atoms with E-state index in [9.17, 15) is 4.79 Å². The zero-order chi connectivity index (χ0) is 22.2. The van der Waals surface area contributed by atoms with Crippen molar-refractivity contribution >= 4 is 23.0 Å². The number of fused-ring (bicyclic) bond motifs is 3. The van der Waals surface area contributed by atoms with E-state index in [2.05, 4.69) is 10.2 Å². The Labute approximate surface area is 190 Å². The fraction of sp³-hybridized carbons (Fsp3) is 0.250. The van der Waals surface area contributed by atoms with Crippen molar-refractivity contribution in [3.8, 4) is 16.9 Å². The lowest BCUT2D eigenvalue weighted by atomic mass is 9.83. The number of Topliss-reactive ketones (excluding diaryl/α,β-unsaturated/α-hetero) is 1. The number of carbonyl (C=O) groups excluding carboxylic acids is 1. The lowest BCUT2D eigenvalue weighted by molar-refractivity contribution is 0.0955. The zero-order valence-corrected chi connectivity index (χ0v) is 18.5. The second kappa shape index (κ2) is 8.33. The lowest BCUT2D eigenvalue weighted by Gasteiger charge is -2.24. The number of hydrogen-bond acceptors (Lipinski definition) is 6. The minimum absolute atomic E-state index is 0.0346. The molecule has 2 heterocycles. The van der Waals surface area contributed by atoms with E-state index in [0.717, 1.165) is 33.8 Å². The zero-order valence-electron chi connectivity index (χ0n) is 17.7. The number of benzene rings is 2. The molecule has 32 heavy (non-hydrogen) atoms. The Hall–Kier alpha value is -3.29. The molecule has 4 aromatic rings. The molecule has 1 atom stereocenters. The minimum atomic E-state index is -0.0478. The molecular weight excluding hydrogens is 428 g/mol. The first-order chi connectivity index (χ1) is 15.6. The first-order valence-electron chi connectivity index (χ1n) is 10.3. The average molecular weight is 449 g/mol. The number of rotatable bonds is 5. The van der Waals surface area contributed by atoms with Crippen LogP contribution in [0.2, 0.25) is 5.02 Å². The second-order valence-corrected chi connectivity index (χ2v) is 8.20. The van der Waals surface area contributed by atoms with Gasteiger partial charge in [0.05, 0.1) is 30.7 Å². The van der Waals surface area contributed by atoms with Gasteiger partial charge in [-0.1, -0.05) is 41.9 Å². The van der Waals surface area contributed by atoms with Crippen molar-refractivity contribution in [1.82, 2.24) is 19.8 Å². The highest BCUT2D eigenvalue weighted by atomic mass is 35.5. The molecule has 0 radical (unpaired) electrons. The Kier molecular flexibility index (Phi) is 5.36. The summed E-state index contributed by atoms with van der Waals surface area (Å²) < 4.78 is 12.7. The molecule has 162 valence electrons. The van der Waals surface area contributed by atoms with Gasteiger partial charge in [-0.15, -0.1) is 10.2 Å². The van der Waals surface area contributed by atoms with E-state index in [4.69, 9.17) is 26.2 Å². The summed E-state index contributed by atoms with van der Waals surface area (Å²) in [6.45, 7) is 0.306. The van der Waals surface area contributed by atoms with Crippen molar-refractivity contribution in [2.75, 3.05) is 14.2 Å². The van der Waals surface area contributed by atoms with Crippen LogP contribution >= 0.6 is 11.6 Å². The van der Waals surface area contributed by atoms with Crippen LogP contribution in [0.4, 0.5) is 0 Å².